The average Bonchev–Trinajstić information content (AvgIpc) is 2.65. The van der Waals surface area contributed by atoms with Crippen molar-refractivity contribution in [1.82, 2.24) is 9.78 Å². The Bertz CT molecular complexity index is 571. The van der Waals surface area contributed by atoms with Crippen molar-refractivity contribution in [2.75, 3.05) is 0 Å². The molecule has 2 aromatic rings. The van der Waals surface area contributed by atoms with Gasteiger partial charge in [0.2, 0.25) is 0 Å². The molecular formula is C14H15N3. The maximum Gasteiger partial charge on any atom is 0.0991 e. The van der Waals surface area contributed by atoms with Crippen LogP contribution in [-0.4, -0.2) is 9.78 Å². The number of hydrogen-bond donors (Lipinski definition) is 0. The summed E-state index contributed by atoms with van der Waals surface area (Å²) < 4.78 is 1.91. The van der Waals surface area contributed by atoms with Crippen molar-refractivity contribution in [3.8, 4) is 17.2 Å². The summed E-state index contributed by atoms with van der Waals surface area (Å²) in [6.45, 7) is 4.18. The highest BCUT2D eigenvalue weighted by molar-refractivity contribution is 5.69. The van der Waals surface area contributed by atoms with Crippen LogP contribution < -0.4 is 0 Å². The molecule has 0 aliphatic rings. The third kappa shape index (κ3) is 1.94. The molecular weight excluding hydrogens is 210 g/mol. The summed E-state index contributed by atoms with van der Waals surface area (Å²) >= 11 is 0. The van der Waals surface area contributed by atoms with Crippen molar-refractivity contribution >= 4 is 0 Å². The number of aryl methyl sites for hydroxylation is 2. The topological polar surface area (TPSA) is 41.6 Å². The number of nitrogens with zero attached hydrogens (tertiary/aromatic N) is 3. The lowest BCUT2D eigenvalue weighted by Crippen LogP contribution is -1.93. The van der Waals surface area contributed by atoms with Gasteiger partial charge in [-0.1, -0.05) is 19.1 Å². The fourth-order valence-electron chi connectivity index (χ4n) is 2.01. The van der Waals surface area contributed by atoms with E-state index in [1.165, 1.54) is 5.56 Å². The summed E-state index contributed by atoms with van der Waals surface area (Å²) in [6.07, 6.45) is 0.914. The van der Waals surface area contributed by atoms with Gasteiger partial charge in [-0.2, -0.15) is 10.4 Å². The Morgan fingerprint density at radius 2 is 1.94 bits per heavy atom. The van der Waals surface area contributed by atoms with Crippen LogP contribution in [0.1, 0.15) is 23.9 Å². The van der Waals surface area contributed by atoms with E-state index in [-0.39, 0.29) is 0 Å². The Morgan fingerprint density at radius 1 is 1.29 bits per heavy atom. The van der Waals surface area contributed by atoms with Gasteiger partial charge in [0.15, 0.2) is 0 Å². The van der Waals surface area contributed by atoms with Gasteiger partial charge < -0.3 is 0 Å². The van der Waals surface area contributed by atoms with Gasteiger partial charge in [-0.15, -0.1) is 0 Å². The molecule has 3 nitrogen and oxygen atoms in total. The second-order valence-corrected chi connectivity index (χ2v) is 4.07. The van der Waals surface area contributed by atoms with Crippen LogP contribution in [0.15, 0.2) is 24.3 Å². The monoisotopic (exact) mass is 225 g/mol. The minimum absolute atomic E-state index is 0.688. The summed E-state index contributed by atoms with van der Waals surface area (Å²) in [7, 11) is 1.96. The van der Waals surface area contributed by atoms with E-state index < -0.39 is 0 Å². The first-order valence-electron chi connectivity index (χ1n) is 5.70. The van der Waals surface area contributed by atoms with Crippen LogP contribution in [0, 0.1) is 18.3 Å². The molecule has 1 aromatic carbocycles. The van der Waals surface area contributed by atoms with Crippen molar-refractivity contribution in [2.45, 2.75) is 20.3 Å². The second-order valence-electron chi connectivity index (χ2n) is 4.07. The van der Waals surface area contributed by atoms with Gasteiger partial charge in [-0.25, -0.2) is 0 Å². The van der Waals surface area contributed by atoms with Gasteiger partial charge >= 0.3 is 0 Å². The normalized spacial score (nSPS) is 10.2. The number of rotatable bonds is 2. The lowest BCUT2D eigenvalue weighted by atomic mass is 10.0. The van der Waals surface area contributed by atoms with Crippen molar-refractivity contribution in [2.24, 2.45) is 7.05 Å². The molecule has 0 atom stereocenters. The van der Waals surface area contributed by atoms with Gasteiger partial charge in [0, 0.05) is 18.3 Å². The molecule has 1 aromatic heterocycles. The van der Waals surface area contributed by atoms with Crippen LogP contribution in [0.5, 0.6) is 0 Å². The maximum absolute atomic E-state index is 8.79. The van der Waals surface area contributed by atoms with Crippen LogP contribution >= 0.6 is 0 Å². The third-order valence-electron chi connectivity index (χ3n) is 3.04. The Kier molecular flexibility index (Phi) is 2.97. The highest BCUT2D eigenvalue weighted by Gasteiger charge is 2.12. The molecule has 0 aliphatic heterocycles. The SMILES string of the molecule is CCc1nn(C)c(C)c1-c1ccc(C#N)cc1. The van der Waals surface area contributed by atoms with E-state index in [4.69, 9.17) is 5.26 Å². The van der Waals surface area contributed by atoms with Gasteiger partial charge in [0.25, 0.3) is 0 Å². The molecule has 0 aliphatic carbocycles. The Labute approximate surface area is 101 Å². The summed E-state index contributed by atoms with van der Waals surface area (Å²) in [6, 6.07) is 9.81. The first-order valence-corrected chi connectivity index (χ1v) is 5.70. The molecule has 86 valence electrons. The molecule has 1 heterocycles. The van der Waals surface area contributed by atoms with E-state index in [1.54, 1.807) is 0 Å². The van der Waals surface area contributed by atoms with Gasteiger partial charge in [-0.3, -0.25) is 4.68 Å². The Morgan fingerprint density at radius 3 is 2.47 bits per heavy atom. The van der Waals surface area contributed by atoms with E-state index in [2.05, 4.69) is 25.0 Å². The first kappa shape index (κ1) is 11.4. The number of benzene rings is 1. The standard InChI is InChI=1S/C14H15N3/c1-4-13-14(10(2)17(3)16-13)12-7-5-11(9-15)6-8-12/h5-8H,4H2,1-3H3. The van der Waals surface area contributed by atoms with Crippen molar-refractivity contribution in [3.05, 3.63) is 41.2 Å². The average molecular weight is 225 g/mol. The molecule has 0 amide bonds. The molecule has 0 spiro atoms. The van der Waals surface area contributed by atoms with E-state index in [9.17, 15) is 0 Å². The molecule has 0 saturated heterocycles. The summed E-state index contributed by atoms with van der Waals surface area (Å²) in [5.41, 5.74) is 5.28. The molecule has 0 bridgehead atoms. The molecule has 17 heavy (non-hydrogen) atoms. The van der Waals surface area contributed by atoms with Crippen molar-refractivity contribution < 1.29 is 0 Å². The quantitative estimate of drug-likeness (QED) is 0.788. The number of aromatic nitrogens is 2. The van der Waals surface area contributed by atoms with E-state index in [0.29, 0.717) is 5.56 Å². The van der Waals surface area contributed by atoms with Crippen LogP contribution in [0.2, 0.25) is 0 Å². The molecule has 0 unspecified atom stereocenters. The smallest absolute Gasteiger partial charge is 0.0991 e. The van der Waals surface area contributed by atoms with Gasteiger partial charge in [0.05, 0.1) is 17.3 Å². The van der Waals surface area contributed by atoms with Gasteiger partial charge in [0.1, 0.15) is 0 Å². The van der Waals surface area contributed by atoms with E-state index >= 15 is 0 Å². The largest absolute Gasteiger partial charge is 0.272 e. The highest BCUT2D eigenvalue weighted by Crippen LogP contribution is 2.27. The zero-order chi connectivity index (χ0) is 12.4. The van der Waals surface area contributed by atoms with Gasteiger partial charge in [-0.05, 0) is 31.0 Å². The van der Waals surface area contributed by atoms with Crippen molar-refractivity contribution in [1.29, 1.82) is 5.26 Å². The second kappa shape index (κ2) is 4.42. The molecule has 0 radical (unpaired) electrons. The number of hydrogen-bond acceptors (Lipinski definition) is 2. The minimum Gasteiger partial charge on any atom is -0.272 e. The molecule has 3 heteroatoms. The molecule has 0 fully saturated rings. The van der Waals surface area contributed by atoms with Crippen LogP contribution in [0.25, 0.3) is 11.1 Å². The Hall–Kier alpha value is -2.08. The lowest BCUT2D eigenvalue weighted by molar-refractivity contribution is 0.723. The lowest BCUT2D eigenvalue weighted by Gasteiger charge is -2.03. The predicted molar refractivity (Wildman–Crippen MR) is 67.5 cm³/mol. The Balaban J connectivity index is 2.56. The van der Waals surface area contributed by atoms with Crippen LogP contribution in [0.3, 0.4) is 0 Å². The van der Waals surface area contributed by atoms with Crippen molar-refractivity contribution in [3.63, 3.8) is 0 Å². The highest BCUT2D eigenvalue weighted by atomic mass is 15.3. The minimum atomic E-state index is 0.688. The number of nitriles is 1. The predicted octanol–water partition coefficient (Wildman–Crippen LogP) is 2.83. The first-order chi connectivity index (χ1) is 8.17. The summed E-state index contributed by atoms with van der Waals surface area (Å²) in [5, 5.41) is 13.3. The molecule has 0 N–H and O–H groups in total. The van der Waals surface area contributed by atoms with E-state index in [1.807, 2.05) is 36.0 Å². The zero-order valence-corrected chi connectivity index (χ0v) is 10.4. The van der Waals surface area contributed by atoms with Crippen LogP contribution in [0.4, 0.5) is 0 Å². The molecule has 0 saturated carbocycles. The zero-order valence-electron chi connectivity index (χ0n) is 10.4. The fraction of sp³-hybridized carbons (Fsp3) is 0.286. The summed E-state index contributed by atoms with van der Waals surface area (Å²) in [5.74, 6) is 0. The molecule has 2 rings (SSSR count). The summed E-state index contributed by atoms with van der Waals surface area (Å²) in [4.78, 5) is 0. The van der Waals surface area contributed by atoms with E-state index in [0.717, 1.165) is 23.4 Å². The third-order valence-corrected chi connectivity index (χ3v) is 3.04. The van der Waals surface area contributed by atoms with Crippen LogP contribution in [-0.2, 0) is 13.5 Å². The maximum atomic E-state index is 8.79. The fourth-order valence-corrected chi connectivity index (χ4v) is 2.01.